The standard InChI is InChI=1S/C18H25FN4O3.2ClH/c19-14-1-3-15(4-2-14)22-8-10-23(11-9-22)17(24)5-6-21-18(25)16-13-20-7-12-26-16;;/h1-4,16,20H,5-13H2,(H,21,25);2*1H. The third-order valence-electron chi connectivity index (χ3n) is 4.68. The molecule has 0 saturated carbocycles. The molecule has 10 heteroatoms. The Kier molecular flexibility index (Phi) is 10.5. The van der Waals surface area contributed by atoms with Crippen LogP contribution in [0.25, 0.3) is 0 Å². The number of carbonyl (C=O) groups is 2. The minimum atomic E-state index is -0.474. The highest BCUT2D eigenvalue weighted by Crippen LogP contribution is 2.17. The van der Waals surface area contributed by atoms with Crippen molar-refractivity contribution in [3.05, 3.63) is 30.1 Å². The summed E-state index contributed by atoms with van der Waals surface area (Å²) in [6.07, 6.45) is -0.194. The van der Waals surface area contributed by atoms with Crippen LogP contribution in [0, 0.1) is 5.82 Å². The third-order valence-corrected chi connectivity index (χ3v) is 4.68. The molecular weight excluding hydrogens is 410 g/mol. The van der Waals surface area contributed by atoms with Crippen LogP contribution in [0.4, 0.5) is 10.1 Å². The second-order valence-electron chi connectivity index (χ2n) is 6.45. The van der Waals surface area contributed by atoms with Crippen LogP contribution in [0.15, 0.2) is 24.3 Å². The smallest absolute Gasteiger partial charge is 0.250 e. The number of rotatable bonds is 5. The Morgan fingerprint density at radius 3 is 2.43 bits per heavy atom. The maximum absolute atomic E-state index is 13.0. The molecule has 7 nitrogen and oxygen atoms in total. The fraction of sp³-hybridized carbons (Fsp3) is 0.556. The van der Waals surface area contributed by atoms with Crippen molar-refractivity contribution in [3.63, 3.8) is 0 Å². The molecule has 1 aromatic rings. The maximum atomic E-state index is 13.0. The van der Waals surface area contributed by atoms with E-state index in [2.05, 4.69) is 15.5 Å². The number of benzene rings is 1. The molecule has 2 fully saturated rings. The summed E-state index contributed by atoms with van der Waals surface area (Å²) >= 11 is 0. The van der Waals surface area contributed by atoms with Crippen molar-refractivity contribution in [3.8, 4) is 0 Å². The van der Waals surface area contributed by atoms with Gasteiger partial charge in [-0.3, -0.25) is 9.59 Å². The van der Waals surface area contributed by atoms with Crippen molar-refractivity contribution in [1.82, 2.24) is 15.5 Å². The van der Waals surface area contributed by atoms with Gasteiger partial charge in [-0.2, -0.15) is 0 Å². The number of hydrogen-bond acceptors (Lipinski definition) is 5. The normalized spacial score (nSPS) is 19.2. The molecule has 1 atom stereocenters. The van der Waals surface area contributed by atoms with E-state index in [1.807, 2.05) is 4.90 Å². The monoisotopic (exact) mass is 436 g/mol. The molecule has 2 aliphatic rings. The minimum Gasteiger partial charge on any atom is -0.368 e. The van der Waals surface area contributed by atoms with Gasteiger partial charge in [0.1, 0.15) is 11.9 Å². The number of amides is 2. The van der Waals surface area contributed by atoms with Crippen molar-refractivity contribution >= 4 is 42.3 Å². The van der Waals surface area contributed by atoms with Crippen LogP contribution in [0.2, 0.25) is 0 Å². The first-order valence-electron chi connectivity index (χ1n) is 9.02. The Morgan fingerprint density at radius 1 is 1.14 bits per heavy atom. The van der Waals surface area contributed by atoms with Gasteiger partial charge in [0.15, 0.2) is 0 Å². The lowest BCUT2D eigenvalue weighted by Gasteiger charge is -2.36. The summed E-state index contributed by atoms with van der Waals surface area (Å²) in [4.78, 5) is 28.2. The molecule has 0 aromatic heterocycles. The first-order valence-corrected chi connectivity index (χ1v) is 9.02. The highest BCUT2D eigenvalue weighted by Gasteiger charge is 2.23. The average molecular weight is 437 g/mol. The van der Waals surface area contributed by atoms with Gasteiger partial charge in [-0.1, -0.05) is 0 Å². The lowest BCUT2D eigenvalue weighted by molar-refractivity contribution is -0.134. The van der Waals surface area contributed by atoms with E-state index >= 15 is 0 Å². The molecule has 0 bridgehead atoms. The second-order valence-corrected chi connectivity index (χ2v) is 6.45. The molecule has 2 saturated heterocycles. The van der Waals surface area contributed by atoms with E-state index < -0.39 is 6.10 Å². The van der Waals surface area contributed by atoms with Gasteiger partial charge in [0.25, 0.3) is 0 Å². The molecular formula is C18H27Cl2FN4O3. The molecule has 158 valence electrons. The Balaban J connectivity index is 0.00000196. The second kappa shape index (κ2) is 12.1. The molecule has 0 radical (unpaired) electrons. The summed E-state index contributed by atoms with van der Waals surface area (Å²) in [6.45, 7) is 4.78. The number of halogens is 3. The van der Waals surface area contributed by atoms with E-state index in [-0.39, 0.29) is 48.9 Å². The van der Waals surface area contributed by atoms with E-state index in [1.165, 1.54) is 12.1 Å². The lowest BCUT2D eigenvalue weighted by Crippen LogP contribution is -2.50. The van der Waals surface area contributed by atoms with Gasteiger partial charge in [0, 0.05) is 57.9 Å². The molecule has 2 heterocycles. The summed E-state index contributed by atoms with van der Waals surface area (Å²) in [5.74, 6) is -0.392. The van der Waals surface area contributed by atoms with Gasteiger partial charge in [0.2, 0.25) is 11.8 Å². The molecule has 1 aromatic carbocycles. The van der Waals surface area contributed by atoms with Gasteiger partial charge in [0.05, 0.1) is 6.61 Å². The maximum Gasteiger partial charge on any atom is 0.250 e. The van der Waals surface area contributed by atoms with Gasteiger partial charge in [-0.15, -0.1) is 24.8 Å². The minimum absolute atomic E-state index is 0. The fourth-order valence-electron chi connectivity index (χ4n) is 3.16. The Morgan fingerprint density at radius 2 is 1.82 bits per heavy atom. The van der Waals surface area contributed by atoms with Crippen LogP contribution in [0.3, 0.4) is 0 Å². The Hall–Kier alpha value is -1.61. The number of morpholine rings is 1. The van der Waals surface area contributed by atoms with Gasteiger partial charge in [-0.25, -0.2) is 4.39 Å². The van der Waals surface area contributed by atoms with E-state index in [9.17, 15) is 14.0 Å². The van der Waals surface area contributed by atoms with Crippen LogP contribution in [0.1, 0.15) is 6.42 Å². The Bertz CT molecular complexity index is 622. The zero-order valence-corrected chi connectivity index (χ0v) is 17.2. The number of hydrogen-bond donors (Lipinski definition) is 2. The SMILES string of the molecule is Cl.Cl.O=C(NCCC(=O)N1CCN(c2ccc(F)cc2)CC1)C1CNCCO1. The molecule has 28 heavy (non-hydrogen) atoms. The van der Waals surface area contributed by atoms with Crippen LogP contribution in [-0.2, 0) is 14.3 Å². The molecule has 3 rings (SSSR count). The van der Waals surface area contributed by atoms with E-state index in [1.54, 1.807) is 12.1 Å². The zero-order valence-electron chi connectivity index (χ0n) is 15.6. The van der Waals surface area contributed by atoms with Crippen molar-refractivity contribution in [1.29, 1.82) is 0 Å². The molecule has 0 aliphatic carbocycles. The number of carbonyl (C=O) groups excluding carboxylic acids is 2. The predicted octanol–water partition coefficient (Wildman–Crippen LogP) is 0.813. The topological polar surface area (TPSA) is 73.9 Å². The summed E-state index contributed by atoms with van der Waals surface area (Å²) in [7, 11) is 0. The summed E-state index contributed by atoms with van der Waals surface area (Å²) in [5, 5.41) is 5.87. The van der Waals surface area contributed by atoms with Crippen molar-refractivity contribution in [2.24, 2.45) is 0 Å². The van der Waals surface area contributed by atoms with Crippen LogP contribution in [-0.4, -0.2) is 75.2 Å². The number of piperazine rings is 1. The third kappa shape index (κ3) is 6.77. The molecule has 0 spiro atoms. The molecule has 2 aliphatic heterocycles. The summed E-state index contributed by atoms with van der Waals surface area (Å²) < 4.78 is 18.4. The van der Waals surface area contributed by atoms with Crippen LogP contribution < -0.4 is 15.5 Å². The van der Waals surface area contributed by atoms with Gasteiger partial charge >= 0.3 is 0 Å². The molecule has 2 amide bonds. The van der Waals surface area contributed by atoms with Crippen molar-refractivity contribution < 1.29 is 18.7 Å². The number of nitrogens with one attached hydrogen (secondary N) is 2. The largest absolute Gasteiger partial charge is 0.368 e. The summed E-state index contributed by atoms with van der Waals surface area (Å²) in [5.41, 5.74) is 0.965. The fourth-order valence-corrected chi connectivity index (χ4v) is 3.16. The first-order chi connectivity index (χ1) is 12.6. The zero-order chi connectivity index (χ0) is 18.4. The summed E-state index contributed by atoms with van der Waals surface area (Å²) in [6, 6.07) is 6.40. The van der Waals surface area contributed by atoms with E-state index in [0.29, 0.717) is 45.9 Å². The highest BCUT2D eigenvalue weighted by atomic mass is 35.5. The molecule has 1 unspecified atom stereocenters. The average Bonchev–Trinajstić information content (AvgIpc) is 2.69. The lowest BCUT2D eigenvalue weighted by atomic mass is 10.2. The highest BCUT2D eigenvalue weighted by molar-refractivity contribution is 5.85. The predicted molar refractivity (Wildman–Crippen MR) is 110 cm³/mol. The Labute approximate surface area is 176 Å². The van der Waals surface area contributed by atoms with E-state index in [4.69, 9.17) is 4.74 Å². The quantitative estimate of drug-likeness (QED) is 0.714. The van der Waals surface area contributed by atoms with Gasteiger partial charge < -0.3 is 25.2 Å². The van der Waals surface area contributed by atoms with Gasteiger partial charge in [-0.05, 0) is 24.3 Å². The van der Waals surface area contributed by atoms with Crippen molar-refractivity contribution in [2.45, 2.75) is 12.5 Å². The van der Waals surface area contributed by atoms with Crippen LogP contribution in [0.5, 0.6) is 0 Å². The number of nitrogens with zero attached hydrogens (tertiary/aromatic N) is 2. The van der Waals surface area contributed by atoms with E-state index in [0.717, 1.165) is 12.2 Å². The van der Waals surface area contributed by atoms with Crippen molar-refractivity contribution in [2.75, 3.05) is 57.3 Å². The first kappa shape index (κ1) is 24.4. The number of anilines is 1. The number of ether oxygens (including phenoxy) is 1. The molecule has 2 N–H and O–H groups in total. The van der Waals surface area contributed by atoms with Crippen LogP contribution >= 0.6 is 24.8 Å².